The van der Waals surface area contributed by atoms with E-state index < -0.39 is 11.1 Å². The van der Waals surface area contributed by atoms with Gasteiger partial charge >= 0.3 is 0 Å². The second kappa shape index (κ2) is 7.21. The van der Waals surface area contributed by atoms with E-state index in [-0.39, 0.29) is 5.75 Å². The molecule has 70 valence electrons. The monoisotopic (exact) mass is 189 g/mol. The topological polar surface area (TPSA) is 49.3 Å². The molecule has 1 atom stereocenters. The quantitative estimate of drug-likeness (QED) is 0.499. The maximum Gasteiger partial charge on any atom is 0.156 e. The third-order valence-electron chi connectivity index (χ3n) is 1.32. The van der Waals surface area contributed by atoms with E-state index in [4.69, 9.17) is 4.55 Å². The summed E-state index contributed by atoms with van der Waals surface area (Å²) in [4.78, 5) is 0. The summed E-state index contributed by atoms with van der Waals surface area (Å²) >= 11 is -1.72. The van der Waals surface area contributed by atoms with Gasteiger partial charge in [0.25, 0.3) is 0 Å². The van der Waals surface area contributed by atoms with Crippen molar-refractivity contribution in [3.8, 4) is 0 Å². The average Bonchev–Trinajstić information content (AvgIpc) is 2.02. The van der Waals surface area contributed by atoms with E-state index in [1.54, 1.807) is 6.08 Å². The fraction of sp³-hybridized carbons (Fsp3) is 0.500. The second-order valence-corrected chi connectivity index (χ2v) is 3.26. The molecular formula is C8H15NO2S. The molecule has 0 aliphatic rings. The molecule has 3 nitrogen and oxygen atoms in total. The number of hydrogen-bond acceptors (Lipinski definition) is 2. The minimum Gasteiger partial charge on any atom is -0.316 e. The summed E-state index contributed by atoms with van der Waals surface area (Å²) in [5, 5.41) is 3.00. The van der Waals surface area contributed by atoms with Crippen molar-refractivity contribution in [2.45, 2.75) is 6.92 Å². The Morgan fingerprint density at radius 3 is 2.75 bits per heavy atom. The van der Waals surface area contributed by atoms with Gasteiger partial charge in [-0.2, -0.15) is 0 Å². The van der Waals surface area contributed by atoms with Gasteiger partial charge < -0.3 is 9.87 Å². The van der Waals surface area contributed by atoms with Crippen LogP contribution in [0, 0.1) is 0 Å². The second-order valence-electron chi connectivity index (χ2n) is 2.28. The Morgan fingerprint density at radius 2 is 2.33 bits per heavy atom. The first kappa shape index (κ1) is 11.6. The Morgan fingerprint density at radius 1 is 1.67 bits per heavy atom. The maximum atomic E-state index is 10.3. The van der Waals surface area contributed by atoms with E-state index in [0.29, 0.717) is 0 Å². The van der Waals surface area contributed by atoms with Gasteiger partial charge in [-0.05, 0) is 19.5 Å². The zero-order valence-electron chi connectivity index (χ0n) is 7.41. The fourth-order valence-electron chi connectivity index (χ4n) is 0.743. The zero-order valence-corrected chi connectivity index (χ0v) is 8.23. The Balaban J connectivity index is 3.86. The van der Waals surface area contributed by atoms with Crippen LogP contribution in [0.5, 0.6) is 0 Å². The number of nitrogens with one attached hydrogen (secondary N) is 1. The van der Waals surface area contributed by atoms with E-state index in [9.17, 15) is 4.21 Å². The van der Waals surface area contributed by atoms with Gasteiger partial charge in [0.15, 0.2) is 11.1 Å². The minimum atomic E-state index is -1.72. The van der Waals surface area contributed by atoms with Crippen molar-refractivity contribution >= 4 is 11.1 Å². The molecule has 0 aromatic heterocycles. The minimum absolute atomic E-state index is 0.195. The standard InChI is InChI=1S/C8H15NO2S/c1-3-8(7-9-2)5-4-6-12(10)11/h3-5,9H,6-7H2,1-2H3,(H,10,11)/b5-4-,8-3+. The molecular weight excluding hydrogens is 174 g/mol. The van der Waals surface area contributed by atoms with E-state index in [0.717, 1.165) is 12.1 Å². The van der Waals surface area contributed by atoms with Crippen molar-refractivity contribution < 1.29 is 8.76 Å². The average molecular weight is 189 g/mol. The number of likely N-dealkylation sites (N-methyl/N-ethyl adjacent to an activating group) is 1. The van der Waals surface area contributed by atoms with Gasteiger partial charge in [-0.25, -0.2) is 4.21 Å². The molecule has 1 unspecified atom stereocenters. The van der Waals surface area contributed by atoms with Crippen molar-refractivity contribution in [2.75, 3.05) is 19.3 Å². The van der Waals surface area contributed by atoms with E-state index in [1.807, 2.05) is 26.1 Å². The summed E-state index contributed by atoms with van der Waals surface area (Å²) in [6, 6.07) is 0. The molecule has 0 radical (unpaired) electrons. The molecule has 0 fully saturated rings. The Hall–Kier alpha value is -0.450. The normalized spacial score (nSPS) is 15.4. The smallest absolute Gasteiger partial charge is 0.156 e. The van der Waals surface area contributed by atoms with Crippen LogP contribution in [-0.2, 0) is 11.1 Å². The molecule has 0 rings (SSSR count). The third-order valence-corrected chi connectivity index (χ3v) is 1.80. The molecule has 4 heteroatoms. The summed E-state index contributed by atoms with van der Waals surface area (Å²) < 4.78 is 18.7. The van der Waals surface area contributed by atoms with E-state index in [1.165, 1.54) is 0 Å². The Bertz CT molecular complexity index is 199. The fourth-order valence-corrected chi connectivity index (χ4v) is 1.00. The summed E-state index contributed by atoms with van der Waals surface area (Å²) in [7, 11) is 1.86. The van der Waals surface area contributed by atoms with Crippen LogP contribution >= 0.6 is 0 Å². The molecule has 0 bridgehead atoms. The highest BCUT2D eigenvalue weighted by Crippen LogP contribution is 1.94. The van der Waals surface area contributed by atoms with Crippen molar-refractivity contribution in [1.82, 2.24) is 5.32 Å². The van der Waals surface area contributed by atoms with Crippen LogP contribution < -0.4 is 5.32 Å². The maximum absolute atomic E-state index is 10.3. The number of hydrogen-bond donors (Lipinski definition) is 2. The van der Waals surface area contributed by atoms with Crippen LogP contribution in [0.15, 0.2) is 23.8 Å². The predicted octanol–water partition coefficient (Wildman–Crippen LogP) is 0.930. The van der Waals surface area contributed by atoms with Gasteiger partial charge in [-0.1, -0.05) is 18.2 Å². The van der Waals surface area contributed by atoms with Gasteiger partial charge in [0, 0.05) is 6.54 Å². The molecule has 0 aliphatic heterocycles. The molecule has 0 aliphatic carbocycles. The van der Waals surface area contributed by atoms with Crippen molar-refractivity contribution in [1.29, 1.82) is 0 Å². The predicted molar refractivity (Wildman–Crippen MR) is 52.5 cm³/mol. The molecule has 12 heavy (non-hydrogen) atoms. The first-order chi connectivity index (χ1) is 5.70. The van der Waals surface area contributed by atoms with Gasteiger partial charge in [0.2, 0.25) is 0 Å². The van der Waals surface area contributed by atoms with Gasteiger partial charge in [0.1, 0.15) is 0 Å². The Labute approximate surface area is 75.8 Å². The third kappa shape index (κ3) is 6.27. The van der Waals surface area contributed by atoms with Crippen LogP contribution in [0.25, 0.3) is 0 Å². The lowest BCUT2D eigenvalue weighted by atomic mass is 10.2. The molecule has 0 heterocycles. The summed E-state index contributed by atoms with van der Waals surface area (Å²) in [5.74, 6) is 0.195. The lowest BCUT2D eigenvalue weighted by molar-refractivity contribution is 0.567. The molecule has 0 saturated carbocycles. The highest BCUT2D eigenvalue weighted by Gasteiger charge is 1.89. The molecule has 0 aromatic rings. The highest BCUT2D eigenvalue weighted by molar-refractivity contribution is 7.79. The van der Waals surface area contributed by atoms with Gasteiger partial charge in [0.05, 0.1) is 5.75 Å². The van der Waals surface area contributed by atoms with Crippen LogP contribution in [0.4, 0.5) is 0 Å². The van der Waals surface area contributed by atoms with Gasteiger partial charge in [-0.15, -0.1) is 0 Å². The first-order valence-electron chi connectivity index (χ1n) is 3.74. The first-order valence-corrected chi connectivity index (χ1v) is 5.02. The van der Waals surface area contributed by atoms with Crippen molar-refractivity contribution in [3.63, 3.8) is 0 Å². The van der Waals surface area contributed by atoms with E-state index >= 15 is 0 Å². The largest absolute Gasteiger partial charge is 0.316 e. The van der Waals surface area contributed by atoms with Crippen molar-refractivity contribution in [2.24, 2.45) is 0 Å². The van der Waals surface area contributed by atoms with Crippen molar-refractivity contribution in [3.05, 3.63) is 23.8 Å². The molecule has 0 aromatic carbocycles. The summed E-state index contributed by atoms with van der Waals surface area (Å²) in [6.45, 7) is 2.72. The number of rotatable bonds is 5. The lowest BCUT2D eigenvalue weighted by Gasteiger charge is -1.97. The zero-order chi connectivity index (χ0) is 9.40. The highest BCUT2D eigenvalue weighted by atomic mass is 32.2. The summed E-state index contributed by atoms with van der Waals surface area (Å²) in [5.41, 5.74) is 1.11. The Kier molecular flexibility index (Phi) is 6.94. The molecule has 0 saturated heterocycles. The molecule has 0 amide bonds. The van der Waals surface area contributed by atoms with Crippen LogP contribution in [0.3, 0.4) is 0 Å². The molecule has 2 N–H and O–H groups in total. The van der Waals surface area contributed by atoms with Crippen LogP contribution in [0.1, 0.15) is 6.92 Å². The molecule has 0 spiro atoms. The van der Waals surface area contributed by atoms with E-state index in [2.05, 4.69) is 5.32 Å². The SMILES string of the molecule is C/C=C(\C=C/CS(=O)O)CNC. The van der Waals surface area contributed by atoms with Crippen LogP contribution in [-0.4, -0.2) is 28.1 Å². The van der Waals surface area contributed by atoms with Crippen LogP contribution in [0.2, 0.25) is 0 Å². The summed E-state index contributed by atoms with van der Waals surface area (Å²) in [6.07, 6.45) is 5.51. The number of allylic oxidation sites excluding steroid dienone is 1. The lowest BCUT2D eigenvalue weighted by Crippen LogP contribution is -2.09. The van der Waals surface area contributed by atoms with Gasteiger partial charge in [-0.3, -0.25) is 0 Å².